The Morgan fingerprint density at radius 2 is 1.90 bits per heavy atom. The van der Waals surface area contributed by atoms with Crippen LogP contribution in [0.5, 0.6) is 0 Å². The molecule has 2 aromatic carbocycles. The van der Waals surface area contributed by atoms with Crippen LogP contribution in [-0.2, 0) is 0 Å². The molecule has 108 valence electrons. The van der Waals surface area contributed by atoms with Gasteiger partial charge in [0.05, 0.1) is 6.21 Å². The van der Waals surface area contributed by atoms with Gasteiger partial charge in [-0.3, -0.25) is 5.43 Å². The Morgan fingerprint density at radius 3 is 2.62 bits per heavy atom. The van der Waals surface area contributed by atoms with Crippen molar-refractivity contribution in [3.8, 4) is 0 Å². The second-order valence-electron chi connectivity index (χ2n) is 4.31. The van der Waals surface area contributed by atoms with Gasteiger partial charge in [-0.15, -0.1) is 0 Å². The molecule has 0 heterocycles. The van der Waals surface area contributed by atoms with Crippen molar-refractivity contribution in [2.75, 3.05) is 5.32 Å². The molecule has 2 rings (SSSR count). The molecule has 0 radical (unpaired) electrons. The first-order chi connectivity index (χ1) is 10.1. The molecular weight excluding hydrogens is 292 g/mol. The van der Waals surface area contributed by atoms with Gasteiger partial charge < -0.3 is 5.32 Å². The van der Waals surface area contributed by atoms with Gasteiger partial charge in [-0.1, -0.05) is 24.3 Å². The summed E-state index contributed by atoms with van der Waals surface area (Å²) in [4.78, 5) is 0. The molecule has 0 spiro atoms. The van der Waals surface area contributed by atoms with E-state index in [9.17, 15) is 8.78 Å². The van der Waals surface area contributed by atoms with Crippen molar-refractivity contribution < 1.29 is 8.78 Å². The van der Waals surface area contributed by atoms with Gasteiger partial charge in [0.25, 0.3) is 0 Å². The minimum absolute atomic E-state index is 0.308. The van der Waals surface area contributed by atoms with Gasteiger partial charge in [0, 0.05) is 5.69 Å². The lowest BCUT2D eigenvalue weighted by atomic mass is 10.2. The van der Waals surface area contributed by atoms with Crippen molar-refractivity contribution in [3.63, 3.8) is 0 Å². The van der Waals surface area contributed by atoms with Crippen LogP contribution >= 0.6 is 12.2 Å². The molecular formula is C15H13F2N3S. The average molecular weight is 305 g/mol. The van der Waals surface area contributed by atoms with E-state index >= 15 is 0 Å². The molecule has 0 fully saturated rings. The molecule has 0 saturated carbocycles. The lowest BCUT2D eigenvalue weighted by Gasteiger charge is -2.09. The number of hydrogen-bond acceptors (Lipinski definition) is 2. The normalized spacial score (nSPS) is 10.6. The van der Waals surface area contributed by atoms with Crippen LogP contribution in [0.4, 0.5) is 14.5 Å². The predicted octanol–water partition coefficient (Wildman–Crippen LogP) is 3.59. The van der Waals surface area contributed by atoms with E-state index in [2.05, 4.69) is 15.8 Å². The third-order valence-electron chi connectivity index (χ3n) is 2.72. The summed E-state index contributed by atoms with van der Waals surface area (Å²) in [6.45, 7) is 1.95. The van der Waals surface area contributed by atoms with Gasteiger partial charge in [0.15, 0.2) is 16.7 Å². The number of halogens is 2. The summed E-state index contributed by atoms with van der Waals surface area (Å²) in [6.07, 6.45) is 1.36. The molecule has 0 aliphatic heterocycles. The number of aryl methyl sites for hydroxylation is 1. The second kappa shape index (κ2) is 6.90. The lowest BCUT2D eigenvalue weighted by molar-refractivity contribution is 0.508. The number of benzene rings is 2. The Kier molecular flexibility index (Phi) is 4.94. The van der Waals surface area contributed by atoms with Crippen LogP contribution in [0.15, 0.2) is 47.6 Å². The Bertz CT molecular complexity index is 686. The first-order valence-electron chi connectivity index (χ1n) is 6.17. The summed E-state index contributed by atoms with van der Waals surface area (Å²) in [6, 6.07) is 11.2. The van der Waals surface area contributed by atoms with Gasteiger partial charge in [0.1, 0.15) is 0 Å². The number of thiocarbonyl (C=S) groups is 1. The zero-order valence-electron chi connectivity index (χ0n) is 11.2. The van der Waals surface area contributed by atoms with Crippen molar-refractivity contribution in [2.24, 2.45) is 5.10 Å². The molecule has 0 unspecified atom stereocenters. The topological polar surface area (TPSA) is 36.4 Å². The van der Waals surface area contributed by atoms with Crippen LogP contribution in [0.25, 0.3) is 0 Å². The van der Waals surface area contributed by atoms with E-state index in [4.69, 9.17) is 12.2 Å². The highest BCUT2D eigenvalue weighted by atomic mass is 32.1. The van der Waals surface area contributed by atoms with E-state index in [-0.39, 0.29) is 0 Å². The molecule has 0 saturated heterocycles. The van der Waals surface area contributed by atoms with Crippen LogP contribution < -0.4 is 10.7 Å². The fourth-order valence-electron chi connectivity index (χ4n) is 1.62. The van der Waals surface area contributed by atoms with Crippen LogP contribution in [0.1, 0.15) is 11.1 Å². The summed E-state index contributed by atoms with van der Waals surface area (Å²) in [5.41, 5.74) is 4.97. The summed E-state index contributed by atoms with van der Waals surface area (Å²) >= 11 is 5.09. The van der Waals surface area contributed by atoms with E-state index < -0.39 is 11.6 Å². The molecule has 2 aromatic rings. The molecule has 0 bridgehead atoms. The Balaban J connectivity index is 1.93. The molecule has 0 aliphatic carbocycles. The number of hydrogen-bond donors (Lipinski definition) is 2. The maximum atomic E-state index is 13.0. The zero-order valence-corrected chi connectivity index (χ0v) is 12.0. The second-order valence-corrected chi connectivity index (χ2v) is 4.72. The number of anilines is 1. The Hall–Kier alpha value is -2.34. The maximum Gasteiger partial charge on any atom is 0.191 e. The fourth-order valence-corrected chi connectivity index (χ4v) is 1.78. The van der Waals surface area contributed by atoms with Crippen LogP contribution in [0, 0.1) is 18.6 Å². The standard InChI is InChI=1S/C15H13F2N3S/c1-10-4-2-3-5-14(10)19-15(21)20-18-9-11-6-7-12(16)13(17)8-11/h2-9H,1H3,(H2,19,20,21). The summed E-state index contributed by atoms with van der Waals surface area (Å²) in [5, 5.41) is 7.17. The highest BCUT2D eigenvalue weighted by molar-refractivity contribution is 7.80. The molecule has 2 N–H and O–H groups in total. The van der Waals surface area contributed by atoms with Crippen molar-refractivity contribution in [1.82, 2.24) is 5.43 Å². The molecule has 0 aliphatic rings. The molecule has 6 heteroatoms. The maximum absolute atomic E-state index is 13.0. The minimum atomic E-state index is -0.917. The van der Waals surface area contributed by atoms with E-state index in [0.29, 0.717) is 10.7 Å². The van der Waals surface area contributed by atoms with Gasteiger partial charge in [0.2, 0.25) is 0 Å². The van der Waals surface area contributed by atoms with Crippen molar-refractivity contribution in [1.29, 1.82) is 0 Å². The molecule has 0 atom stereocenters. The largest absolute Gasteiger partial charge is 0.331 e. The lowest BCUT2D eigenvalue weighted by Crippen LogP contribution is -2.24. The molecule has 0 aromatic heterocycles. The van der Waals surface area contributed by atoms with Crippen LogP contribution in [-0.4, -0.2) is 11.3 Å². The molecule has 3 nitrogen and oxygen atoms in total. The number of nitrogens with one attached hydrogen (secondary N) is 2. The summed E-state index contributed by atoms with van der Waals surface area (Å²) in [7, 11) is 0. The Labute approximate surface area is 126 Å². The number of para-hydroxylation sites is 1. The van der Waals surface area contributed by atoms with Crippen LogP contribution in [0.3, 0.4) is 0 Å². The van der Waals surface area contributed by atoms with Crippen molar-refractivity contribution in [3.05, 3.63) is 65.2 Å². The number of nitrogens with zero attached hydrogens (tertiary/aromatic N) is 1. The number of rotatable bonds is 3. The third-order valence-corrected chi connectivity index (χ3v) is 2.91. The van der Waals surface area contributed by atoms with E-state index in [1.54, 1.807) is 0 Å². The zero-order chi connectivity index (χ0) is 15.2. The van der Waals surface area contributed by atoms with Gasteiger partial charge in [-0.2, -0.15) is 5.10 Å². The average Bonchev–Trinajstić information content (AvgIpc) is 2.45. The quantitative estimate of drug-likeness (QED) is 0.517. The first kappa shape index (κ1) is 15.1. The SMILES string of the molecule is Cc1ccccc1NC(=S)NN=Cc1ccc(F)c(F)c1. The van der Waals surface area contributed by atoms with Gasteiger partial charge >= 0.3 is 0 Å². The van der Waals surface area contributed by atoms with E-state index in [0.717, 1.165) is 23.4 Å². The minimum Gasteiger partial charge on any atom is -0.331 e. The summed E-state index contributed by atoms with van der Waals surface area (Å²) < 4.78 is 25.8. The van der Waals surface area contributed by atoms with Crippen molar-refractivity contribution >= 4 is 29.2 Å². The first-order valence-corrected chi connectivity index (χ1v) is 6.58. The highest BCUT2D eigenvalue weighted by Gasteiger charge is 2.01. The molecule has 0 amide bonds. The smallest absolute Gasteiger partial charge is 0.191 e. The summed E-state index contributed by atoms with van der Waals surface area (Å²) in [5.74, 6) is -1.81. The highest BCUT2D eigenvalue weighted by Crippen LogP contribution is 2.12. The monoisotopic (exact) mass is 305 g/mol. The Morgan fingerprint density at radius 1 is 1.14 bits per heavy atom. The fraction of sp³-hybridized carbons (Fsp3) is 0.0667. The predicted molar refractivity (Wildman–Crippen MR) is 84.5 cm³/mol. The van der Waals surface area contributed by atoms with E-state index in [1.807, 2.05) is 31.2 Å². The molecule has 21 heavy (non-hydrogen) atoms. The van der Waals surface area contributed by atoms with Gasteiger partial charge in [-0.25, -0.2) is 8.78 Å². The third kappa shape index (κ3) is 4.32. The van der Waals surface area contributed by atoms with Crippen molar-refractivity contribution in [2.45, 2.75) is 6.92 Å². The van der Waals surface area contributed by atoms with E-state index in [1.165, 1.54) is 12.3 Å². The number of hydrazone groups is 1. The van der Waals surface area contributed by atoms with Crippen LogP contribution in [0.2, 0.25) is 0 Å². The van der Waals surface area contributed by atoms with Gasteiger partial charge in [-0.05, 0) is 48.5 Å².